The van der Waals surface area contributed by atoms with E-state index >= 15 is 0 Å². The quantitative estimate of drug-likeness (QED) is 0.611. The Balaban J connectivity index is 2.36. The van der Waals surface area contributed by atoms with Crippen molar-refractivity contribution in [2.24, 2.45) is 0 Å². The van der Waals surface area contributed by atoms with E-state index in [1.54, 1.807) is 12.1 Å². The van der Waals surface area contributed by atoms with E-state index in [0.29, 0.717) is 10.7 Å². The fraction of sp³-hybridized carbons (Fsp3) is 0.400. The van der Waals surface area contributed by atoms with Gasteiger partial charge in [-0.05, 0) is 12.1 Å². The topological polar surface area (TPSA) is 63.0 Å². The number of piperazine rings is 1. The molecule has 0 saturated carbocycles. The van der Waals surface area contributed by atoms with Gasteiger partial charge in [-0.15, -0.1) is 0 Å². The lowest BCUT2D eigenvalue weighted by atomic mass is 10.2. The van der Waals surface area contributed by atoms with Crippen molar-refractivity contribution in [1.82, 2.24) is 0 Å². The molecular formula is C10H13ClN3O2+. The molecule has 0 unspecified atom stereocenters. The largest absolute Gasteiger partial charge is 0.355 e. The molecule has 0 spiro atoms. The Morgan fingerprint density at radius 3 is 2.69 bits per heavy atom. The Morgan fingerprint density at radius 1 is 1.38 bits per heavy atom. The Bertz CT molecular complexity index is 405. The molecule has 1 aromatic carbocycles. The van der Waals surface area contributed by atoms with Crippen LogP contribution in [0.3, 0.4) is 0 Å². The van der Waals surface area contributed by atoms with Gasteiger partial charge in [0.15, 0.2) is 0 Å². The zero-order chi connectivity index (χ0) is 11.5. The number of nitro benzene ring substituents is 1. The van der Waals surface area contributed by atoms with Gasteiger partial charge >= 0.3 is 0 Å². The normalized spacial score (nSPS) is 16.2. The molecule has 2 rings (SSSR count). The molecule has 0 bridgehead atoms. The second kappa shape index (κ2) is 4.67. The molecule has 2 N–H and O–H groups in total. The van der Waals surface area contributed by atoms with Gasteiger partial charge in [0.05, 0.1) is 31.1 Å². The predicted octanol–water partition coefficient (Wildman–Crippen LogP) is 0.632. The van der Waals surface area contributed by atoms with E-state index in [2.05, 4.69) is 5.32 Å². The van der Waals surface area contributed by atoms with Crippen LogP contribution in [-0.4, -0.2) is 31.1 Å². The number of anilines is 1. The van der Waals surface area contributed by atoms with Crippen molar-refractivity contribution in [3.63, 3.8) is 0 Å². The van der Waals surface area contributed by atoms with E-state index in [4.69, 9.17) is 11.6 Å². The minimum atomic E-state index is -0.357. The van der Waals surface area contributed by atoms with Gasteiger partial charge in [-0.2, -0.15) is 0 Å². The van der Waals surface area contributed by atoms with Crippen LogP contribution in [0.15, 0.2) is 18.2 Å². The molecule has 0 radical (unpaired) electrons. The Morgan fingerprint density at radius 2 is 2.06 bits per heavy atom. The number of hydrogen-bond acceptors (Lipinski definition) is 3. The molecule has 1 fully saturated rings. The predicted molar refractivity (Wildman–Crippen MR) is 62.0 cm³/mol. The van der Waals surface area contributed by atoms with Crippen LogP contribution >= 0.6 is 11.6 Å². The van der Waals surface area contributed by atoms with Crippen molar-refractivity contribution in [1.29, 1.82) is 0 Å². The summed E-state index contributed by atoms with van der Waals surface area (Å²) in [7, 11) is 0. The second-order valence-corrected chi connectivity index (χ2v) is 4.18. The highest BCUT2D eigenvalue weighted by molar-refractivity contribution is 6.31. The number of nitrogens with zero attached hydrogens (tertiary/aromatic N) is 2. The van der Waals surface area contributed by atoms with Crippen LogP contribution in [0.1, 0.15) is 0 Å². The molecule has 6 heteroatoms. The van der Waals surface area contributed by atoms with Crippen LogP contribution < -0.4 is 10.2 Å². The summed E-state index contributed by atoms with van der Waals surface area (Å²) in [6.45, 7) is 3.57. The molecule has 86 valence electrons. The fourth-order valence-electron chi connectivity index (χ4n) is 1.90. The Hall–Kier alpha value is -1.33. The molecule has 0 atom stereocenters. The van der Waals surface area contributed by atoms with Crippen molar-refractivity contribution in [2.75, 3.05) is 31.1 Å². The first kappa shape index (κ1) is 11.2. The van der Waals surface area contributed by atoms with Crippen molar-refractivity contribution in [2.45, 2.75) is 0 Å². The summed E-state index contributed by atoms with van der Waals surface area (Å²) in [6.07, 6.45) is 0. The number of quaternary nitrogens is 1. The SMILES string of the molecule is O=[N+]([O-])c1ccc(Cl)cc1N1CC[NH2+]CC1. The molecule has 0 aliphatic carbocycles. The monoisotopic (exact) mass is 242 g/mol. The number of hydrogen-bond donors (Lipinski definition) is 1. The molecule has 0 amide bonds. The summed E-state index contributed by atoms with van der Waals surface area (Å²) in [4.78, 5) is 12.6. The van der Waals surface area contributed by atoms with Crippen molar-refractivity contribution >= 4 is 23.0 Å². The van der Waals surface area contributed by atoms with Gasteiger partial charge in [0, 0.05) is 11.1 Å². The second-order valence-electron chi connectivity index (χ2n) is 3.74. The highest BCUT2D eigenvalue weighted by Crippen LogP contribution is 2.30. The molecule has 1 saturated heterocycles. The average Bonchev–Trinajstić information content (AvgIpc) is 2.29. The maximum atomic E-state index is 10.9. The number of halogens is 1. The van der Waals surface area contributed by atoms with Gasteiger partial charge in [0.1, 0.15) is 5.69 Å². The smallest absolute Gasteiger partial charge is 0.292 e. The first-order chi connectivity index (χ1) is 7.68. The average molecular weight is 243 g/mol. The summed E-state index contributed by atoms with van der Waals surface area (Å²) in [6, 6.07) is 4.69. The zero-order valence-corrected chi connectivity index (χ0v) is 9.48. The minimum Gasteiger partial charge on any atom is -0.355 e. The zero-order valence-electron chi connectivity index (χ0n) is 8.73. The standard InChI is InChI=1S/C10H12ClN3O2/c11-8-1-2-9(14(15)16)10(7-8)13-5-3-12-4-6-13/h1-2,7,12H,3-6H2/p+1. The lowest BCUT2D eigenvalue weighted by Gasteiger charge is -2.26. The van der Waals surface area contributed by atoms with Crippen LogP contribution in [-0.2, 0) is 0 Å². The maximum Gasteiger partial charge on any atom is 0.292 e. The van der Waals surface area contributed by atoms with Crippen LogP contribution in [0, 0.1) is 10.1 Å². The van der Waals surface area contributed by atoms with Gasteiger partial charge in [-0.3, -0.25) is 10.1 Å². The molecule has 16 heavy (non-hydrogen) atoms. The van der Waals surface area contributed by atoms with Gasteiger partial charge in [-0.25, -0.2) is 0 Å². The van der Waals surface area contributed by atoms with Crippen LogP contribution in [0.2, 0.25) is 5.02 Å². The number of rotatable bonds is 2. The van der Waals surface area contributed by atoms with Crippen LogP contribution in [0.4, 0.5) is 11.4 Å². The van der Waals surface area contributed by atoms with E-state index in [0.717, 1.165) is 26.2 Å². The van der Waals surface area contributed by atoms with E-state index in [1.807, 2.05) is 4.90 Å². The van der Waals surface area contributed by atoms with Crippen molar-refractivity contribution in [3.05, 3.63) is 33.3 Å². The maximum absolute atomic E-state index is 10.9. The van der Waals surface area contributed by atoms with Crippen molar-refractivity contribution in [3.8, 4) is 0 Å². The fourth-order valence-corrected chi connectivity index (χ4v) is 2.06. The van der Waals surface area contributed by atoms with Gasteiger partial charge in [0.2, 0.25) is 0 Å². The van der Waals surface area contributed by atoms with E-state index in [9.17, 15) is 10.1 Å². The highest BCUT2D eigenvalue weighted by Gasteiger charge is 2.22. The lowest BCUT2D eigenvalue weighted by molar-refractivity contribution is -0.655. The minimum absolute atomic E-state index is 0.131. The number of benzene rings is 1. The molecule has 1 aromatic rings. The summed E-state index contributed by atoms with van der Waals surface area (Å²) in [5.41, 5.74) is 0.761. The summed E-state index contributed by atoms with van der Waals surface area (Å²) in [5.74, 6) is 0. The molecule has 1 aliphatic rings. The molecular weight excluding hydrogens is 230 g/mol. The summed E-state index contributed by atoms with van der Waals surface area (Å²) in [5, 5.41) is 13.6. The summed E-state index contributed by atoms with van der Waals surface area (Å²) < 4.78 is 0. The van der Waals surface area contributed by atoms with Crippen LogP contribution in [0.25, 0.3) is 0 Å². The highest BCUT2D eigenvalue weighted by atomic mass is 35.5. The lowest BCUT2D eigenvalue weighted by Crippen LogP contribution is -2.89. The first-order valence-corrected chi connectivity index (χ1v) is 5.57. The third-order valence-electron chi connectivity index (χ3n) is 2.68. The molecule has 0 aromatic heterocycles. The third-order valence-corrected chi connectivity index (χ3v) is 2.92. The van der Waals surface area contributed by atoms with Gasteiger partial charge < -0.3 is 10.2 Å². The summed E-state index contributed by atoms with van der Waals surface area (Å²) >= 11 is 5.88. The van der Waals surface area contributed by atoms with Gasteiger partial charge in [0.25, 0.3) is 5.69 Å². The van der Waals surface area contributed by atoms with E-state index in [1.165, 1.54) is 6.07 Å². The molecule has 1 heterocycles. The van der Waals surface area contributed by atoms with E-state index < -0.39 is 0 Å². The first-order valence-electron chi connectivity index (χ1n) is 5.19. The molecule has 5 nitrogen and oxygen atoms in total. The van der Waals surface area contributed by atoms with Crippen molar-refractivity contribution < 1.29 is 10.2 Å². The third kappa shape index (κ3) is 2.25. The van der Waals surface area contributed by atoms with E-state index in [-0.39, 0.29) is 10.6 Å². The number of nitro groups is 1. The van der Waals surface area contributed by atoms with Crippen LogP contribution in [0.5, 0.6) is 0 Å². The Labute approximate surface area is 98.2 Å². The van der Waals surface area contributed by atoms with Gasteiger partial charge in [-0.1, -0.05) is 11.6 Å². The molecule has 1 aliphatic heterocycles. The number of nitrogens with two attached hydrogens (primary N) is 1. The Kier molecular flexibility index (Phi) is 3.26.